The first kappa shape index (κ1) is 8.44. The molecule has 0 saturated heterocycles. The molecular weight excluding hydrogens is 144 g/mol. The summed E-state index contributed by atoms with van der Waals surface area (Å²) in [5.41, 5.74) is 0. The van der Waals surface area contributed by atoms with Crippen LogP contribution in [0.1, 0.15) is 13.3 Å². The predicted molar refractivity (Wildman–Crippen MR) is 38.9 cm³/mol. The van der Waals surface area contributed by atoms with Gasteiger partial charge in [0.1, 0.15) is 0 Å². The third kappa shape index (κ3) is 4.60. The van der Waals surface area contributed by atoms with Crippen molar-refractivity contribution in [1.29, 1.82) is 0 Å². The second kappa shape index (κ2) is 5.57. The molecule has 0 bridgehead atoms. The van der Waals surface area contributed by atoms with Crippen LogP contribution in [0.4, 0.5) is 0 Å². The lowest BCUT2D eigenvalue weighted by molar-refractivity contribution is 0.682. The van der Waals surface area contributed by atoms with E-state index >= 15 is 0 Å². The molecule has 0 aliphatic carbocycles. The van der Waals surface area contributed by atoms with Crippen LogP contribution in [0, 0.1) is 0 Å². The summed E-state index contributed by atoms with van der Waals surface area (Å²) in [5, 5.41) is 0. The van der Waals surface area contributed by atoms with Gasteiger partial charge in [0, 0.05) is 28.2 Å². The quantitative estimate of drug-likeness (QED) is 0.560. The molecule has 0 N–H and O–H groups in total. The van der Waals surface area contributed by atoms with Gasteiger partial charge in [0.15, 0.2) is 0 Å². The highest BCUT2D eigenvalue weighted by Crippen LogP contribution is 1.88. The minimum atomic E-state index is -0.611. The topological polar surface area (TPSA) is 17.1 Å². The fraction of sp³-hybridized carbons (Fsp3) is 1.00. The second-order valence-corrected chi connectivity index (χ2v) is 3.72. The van der Waals surface area contributed by atoms with E-state index in [-0.39, 0.29) is 0 Å². The molecular formula is C5H11ClOS. The predicted octanol–water partition coefficient (Wildman–Crippen LogP) is 1.38. The lowest BCUT2D eigenvalue weighted by Gasteiger charge is -1.92. The van der Waals surface area contributed by atoms with Gasteiger partial charge < -0.3 is 0 Å². The standard InChI is InChI=1S/C5H11ClOS/c1-2-8(7)5-3-4-6/h2-5H2,1H3. The lowest BCUT2D eigenvalue weighted by Crippen LogP contribution is -1.99. The Balaban J connectivity index is 2.99. The van der Waals surface area contributed by atoms with Gasteiger partial charge in [-0.25, -0.2) is 0 Å². The Labute approximate surface area is 57.9 Å². The number of halogens is 1. The molecule has 0 aliphatic heterocycles. The molecule has 0 fully saturated rings. The Morgan fingerprint density at radius 3 is 2.62 bits per heavy atom. The fourth-order valence-corrected chi connectivity index (χ4v) is 1.41. The maximum atomic E-state index is 10.6. The molecule has 3 heteroatoms. The molecule has 0 aromatic carbocycles. The summed E-state index contributed by atoms with van der Waals surface area (Å²) in [6.45, 7) is 1.92. The smallest absolute Gasteiger partial charge is 0.0246 e. The van der Waals surface area contributed by atoms with E-state index in [0.29, 0.717) is 5.88 Å². The molecule has 0 aliphatic rings. The molecule has 0 heterocycles. The van der Waals surface area contributed by atoms with Crippen LogP contribution in [-0.2, 0) is 10.8 Å². The average molecular weight is 155 g/mol. The summed E-state index contributed by atoms with van der Waals surface area (Å²) in [4.78, 5) is 0. The van der Waals surface area contributed by atoms with E-state index in [1.165, 1.54) is 0 Å². The van der Waals surface area contributed by atoms with Gasteiger partial charge in [0.2, 0.25) is 0 Å². The summed E-state index contributed by atoms with van der Waals surface area (Å²) in [7, 11) is -0.611. The van der Waals surface area contributed by atoms with Crippen molar-refractivity contribution < 1.29 is 4.21 Å². The molecule has 0 amide bonds. The van der Waals surface area contributed by atoms with Crippen molar-refractivity contribution in [2.45, 2.75) is 13.3 Å². The van der Waals surface area contributed by atoms with Gasteiger partial charge in [-0.05, 0) is 6.42 Å². The van der Waals surface area contributed by atoms with Crippen LogP contribution in [0.15, 0.2) is 0 Å². The molecule has 1 unspecified atom stereocenters. The van der Waals surface area contributed by atoms with Gasteiger partial charge >= 0.3 is 0 Å². The average Bonchev–Trinajstić information content (AvgIpc) is 1.83. The molecule has 0 aromatic heterocycles. The Bertz CT molecular complexity index is 74.8. The molecule has 0 saturated carbocycles. The first-order chi connectivity index (χ1) is 3.81. The van der Waals surface area contributed by atoms with Gasteiger partial charge in [-0.3, -0.25) is 4.21 Å². The molecule has 50 valence electrons. The summed E-state index contributed by atoms with van der Waals surface area (Å²) in [5.74, 6) is 2.16. The zero-order valence-electron chi connectivity index (χ0n) is 5.02. The number of alkyl halides is 1. The Morgan fingerprint density at radius 1 is 1.62 bits per heavy atom. The van der Waals surface area contributed by atoms with Crippen LogP contribution in [0.2, 0.25) is 0 Å². The zero-order valence-corrected chi connectivity index (χ0v) is 6.60. The van der Waals surface area contributed by atoms with Crippen LogP contribution in [-0.4, -0.2) is 21.6 Å². The van der Waals surface area contributed by atoms with E-state index in [2.05, 4.69) is 0 Å². The van der Waals surface area contributed by atoms with Crippen molar-refractivity contribution in [2.24, 2.45) is 0 Å². The highest BCUT2D eigenvalue weighted by Gasteiger charge is 1.91. The van der Waals surface area contributed by atoms with Crippen LogP contribution < -0.4 is 0 Å². The number of rotatable bonds is 4. The summed E-state index contributed by atoms with van der Waals surface area (Å²) >= 11 is 5.37. The van der Waals surface area contributed by atoms with Crippen LogP contribution >= 0.6 is 11.6 Å². The van der Waals surface area contributed by atoms with Crippen molar-refractivity contribution in [3.8, 4) is 0 Å². The van der Waals surface area contributed by atoms with Crippen molar-refractivity contribution in [3.05, 3.63) is 0 Å². The molecule has 0 spiro atoms. The minimum absolute atomic E-state index is 0.611. The maximum absolute atomic E-state index is 10.6. The van der Waals surface area contributed by atoms with Crippen LogP contribution in [0.5, 0.6) is 0 Å². The van der Waals surface area contributed by atoms with E-state index < -0.39 is 10.8 Å². The molecule has 1 atom stereocenters. The minimum Gasteiger partial charge on any atom is -0.260 e. The molecule has 0 aromatic rings. The summed E-state index contributed by atoms with van der Waals surface area (Å²) < 4.78 is 10.6. The SMILES string of the molecule is CCS(=O)CCCCl. The monoisotopic (exact) mass is 154 g/mol. The normalized spacial score (nSPS) is 13.8. The zero-order chi connectivity index (χ0) is 6.41. The van der Waals surface area contributed by atoms with Crippen molar-refractivity contribution in [2.75, 3.05) is 17.4 Å². The van der Waals surface area contributed by atoms with Gasteiger partial charge in [0.05, 0.1) is 0 Å². The third-order valence-electron chi connectivity index (χ3n) is 0.828. The Morgan fingerprint density at radius 2 is 2.25 bits per heavy atom. The maximum Gasteiger partial charge on any atom is 0.0246 e. The Kier molecular flexibility index (Phi) is 5.88. The number of hydrogen-bond donors (Lipinski definition) is 0. The van der Waals surface area contributed by atoms with Gasteiger partial charge in [-0.1, -0.05) is 6.92 Å². The largest absolute Gasteiger partial charge is 0.260 e. The molecule has 8 heavy (non-hydrogen) atoms. The van der Waals surface area contributed by atoms with Gasteiger partial charge in [-0.15, -0.1) is 11.6 Å². The highest BCUT2D eigenvalue weighted by atomic mass is 35.5. The van der Waals surface area contributed by atoms with E-state index in [0.717, 1.165) is 17.9 Å². The summed E-state index contributed by atoms with van der Waals surface area (Å²) in [6, 6.07) is 0. The van der Waals surface area contributed by atoms with Crippen molar-refractivity contribution in [3.63, 3.8) is 0 Å². The first-order valence-corrected chi connectivity index (χ1v) is 4.74. The van der Waals surface area contributed by atoms with Crippen molar-refractivity contribution >= 4 is 22.4 Å². The Hall–Kier alpha value is 0.440. The van der Waals surface area contributed by atoms with Gasteiger partial charge in [0.25, 0.3) is 0 Å². The van der Waals surface area contributed by atoms with Gasteiger partial charge in [-0.2, -0.15) is 0 Å². The van der Waals surface area contributed by atoms with E-state index in [9.17, 15) is 4.21 Å². The lowest BCUT2D eigenvalue weighted by atomic mass is 10.6. The molecule has 0 rings (SSSR count). The van der Waals surface area contributed by atoms with E-state index in [4.69, 9.17) is 11.6 Å². The van der Waals surface area contributed by atoms with E-state index in [1.54, 1.807) is 0 Å². The highest BCUT2D eigenvalue weighted by molar-refractivity contribution is 7.84. The second-order valence-electron chi connectivity index (χ2n) is 1.48. The van der Waals surface area contributed by atoms with Crippen LogP contribution in [0.25, 0.3) is 0 Å². The summed E-state index contributed by atoms with van der Waals surface area (Å²) in [6.07, 6.45) is 0.877. The first-order valence-electron chi connectivity index (χ1n) is 2.72. The fourth-order valence-electron chi connectivity index (χ4n) is 0.360. The molecule has 1 nitrogen and oxygen atoms in total. The van der Waals surface area contributed by atoms with Crippen LogP contribution in [0.3, 0.4) is 0 Å². The third-order valence-corrected chi connectivity index (χ3v) is 2.48. The van der Waals surface area contributed by atoms with Crippen molar-refractivity contribution in [1.82, 2.24) is 0 Å². The number of hydrogen-bond acceptors (Lipinski definition) is 1. The molecule has 0 radical (unpaired) electrons. The van der Waals surface area contributed by atoms with E-state index in [1.807, 2.05) is 6.92 Å².